The number of carboxylic acid groups (broad SMARTS) is 1. The van der Waals surface area contributed by atoms with Crippen LogP contribution in [0.25, 0.3) is 0 Å². The summed E-state index contributed by atoms with van der Waals surface area (Å²) in [6.07, 6.45) is 7.79. The van der Waals surface area contributed by atoms with E-state index in [9.17, 15) is 4.79 Å². The second kappa shape index (κ2) is 4.97. The van der Waals surface area contributed by atoms with Gasteiger partial charge in [-0.3, -0.25) is 4.79 Å². The van der Waals surface area contributed by atoms with Crippen molar-refractivity contribution in [1.29, 1.82) is 0 Å². The average molecular weight is 211 g/mol. The third-order valence-electron chi connectivity index (χ3n) is 3.91. The molecule has 3 nitrogen and oxygen atoms in total. The lowest BCUT2D eigenvalue weighted by Gasteiger charge is -2.34. The van der Waals surface area contributed by atoms with Crippen LogP contribution in [0, 0.1) is 5.92 Å². The normalized spacial score (nSPS) is 27.9. The minimum absolute atomic E-state index is 0.347. The fraction of sp³-hybridized carbons (Fsp3) is 0.917. The van der Waals surface area contributed by atoms with Gasteiger partial charge in [0.15, 0.2) is 0 Å². The zero-order valence-corrected chi connectivity index (χ0v) is 9.32. The molecular weight excluding hydrogens is 190 g/mol. The van der Waals surface area contributed by atoms with Crippen molar-refractivity contribution in [3.63, 3.8) is 0 Å². The third-order valence-corrected chi connectivity index (χ3v) is 3.91. The van der Waals surface area contributed by atoms with Crippen LogP contribution in [0.2, 0.25) is 0 Å². The number of likely N-dealkylation sites (tertiary alicyclic amines) is 1. The fourth-order valence-electron chi connectivity index (χ4n) is 2.72. The second-order valence-electron chi connectivity index (χ2n) is 5.02. The molecule has 2 rings (SSSR count). The SMILES string of the molecule is O=C(O)CCCC1CCN(C2CCC2)C1. The molecule has 1 aliphatic carbocycles. The van der Waals surface area contributed by atoms with Crippen molar-refractivity contribution in [1.82, 2.24) is 4.90 Å². The maximum Gasteiger partial charge on any atom is 0.303 e. The van der Waals surface area contributed by atoms with Crippen LogP contribution in [0.5, 0.6) is 0 Å². The van der Waals surface area contributed by atoms with Gasteiger partial charge in [-0.1, -0.05) is 6.42 Å². The van der Waals surface area contributed by atoms with Gasteiger partial charge in [0.1, 0.15) is 0 Å². The van der Waals surface area contributed by atoms with E-state index in [4.69, 9.17) is 5.11 Å². The number of rotatable bonds is 5. The molecule has 2 fully saturated rings. The molecule has 15 heavy (non-hydrogen) atoms. The van der Waals surface area contributed by atoms with Crippen molar-refractivity contribution in [2.75, 3.05) is 13.1 Å². The lowest BCUT2D eigenvalue weighted by molar-refractivity contribution is -0.137. The quantitative estimate of drug-likeness (QED) is 0.757. The van der Waals surface area contributed by atoms with E-state index in [2.05, 4.69) is 4.90 Å². The molecule has 0 aromatic rings. The van der Waals surface area contributed by atoms with Crippen LogP contribution < -0.4 is 0 Å². The molecule has 1 heterocycles. The Balaban J connectivity index is 1.62. The van der Waals surface area contributed by atoms with E-state index < -0.39 is 5.97 Å². The van der Waals surface area contributed by atoms with Gasteiger partial charge in [0, 0.05) is 19.0 Å². The maximum absolute atomic E-state index is 10.4. The molecule has 1 saturated carbocycles. The van der Waals surface area contributed by atoms with E-state index in [-0.39, 0.29) is 0 Å². The lowest BCUT2D eigenvalue weighted by Crippen LogP contribution is -2.38. The Bertz CT molecular complexity index is 226. The summed E-state index contributed by atoms with van der Waals surface area (Å²) in [6.45, 7) is 2.48. The molecule has 0 aromatic heterocycles. The topological polar surface area (TPSA) is 40.5 Å². The Morgan fingerprint density at radius 1 is 1.33 bits per heavy atom. The van der Waals surface area contributed by atoms with Gasteiger partial charge in [0.2, 0.25) is 0 Å². The first-order valence-corrected chi connectivity index (χ1v) is 6.21. The third kappa shape index (κ3) is 2.94. The van der Waals surface area contributed by atoms with Crippen molar-refractivity contribution in [3.8, 4) is 0 Å². The van der Waals surface area contributed by atoms with E-state index in [0.29, 0.717) is 6.42 Å². The van der Waals surface area contributed by atoms with Gasteiger partial charge in [-0.2, -0.15) is 0 Å². The highest BCUT2D eigenvalue weighted by molar-refractivity contribution is 5.66. The summed E-state index contributed by atoms with van der Waals surface area (Å²) in [4.78, 5) is 13.0. The number of aliphatic carboxylic acids is 1. The van der Waals surface area contributed by atoms with Crippen LogP contribution in [0.1, 0.15) is 44.9 Å². The van der Waals surface area contributed by atoms with Crippen LogP contribution in [0.3, 0.4) is 0 Å². The maximum atomic E-state index is 10.4. The van der Waals surface area contributed by atoms with Crippen molar-refractivity contribution in [3.05, 3.63) is 0 Å². The zero-order chi connectivity index (χ0) is 10.7. The molecular formula is C12H21NO2. The van der Waals surface area contributed by atoms with E-state index in [0.717, 1.165) is 24.8 Å². The number of carbonyl (C=O) groups is 1. The number of hydrogen-bond donors (Lipinski definition) is 1. The molecule has 0 aromatic carbocycles. The average Bonchev–Trinajstić information content (AvgIpc) is 2.49. The molecule has 1 atom stereocenters. The van der Waals surface area contributed by atoms with Gasteiger partial charge in [0.25, 0.3) is 0 Å². The summed E-state index contributed by atoms with van der Waals surface area (Å²) in [5, 5.41) is 8.56. The first kappa shape index (κ1) is 10.9. The first-order valence-electron chi connectivity index (χ1n) is 6.21. The molecule has 3 heteroatoms. The smallest absolute Gasteiger partial charge is 0.303 e. The Morgan fingerprint density at radius 3 is 2.73 bits per heavy atom. The van der Waals surface area contributed by atoms with Crippen LogP contribution in [0.4, 0.5) is 0 Å². The second-order valence-corrected chi connectivity index (χ2v) is 5.02. The van der Waals surface area contributed by atoms with Gasteiger partial charge in [-0.05, 0) is 44.6 Å². The molecule has 0 bridgehead atoms. The first-order chi connectivity index (χ1) is 7.25. The predicted octanol–water partition coefficient (Wildman–Crippen LogP) is 2.12. The molecule has 1 unspecified atom stereocenters. The Kier molecular flexibility index (Phi) is 3.62. The van der Waals surface area contributed by atoms with Gasteiger partial charge in [0.05, 0.1) is 0 Å². The van der Waals surface area contributed by atoms with Gasteiger partial charge in [-0.15, -0.1) is 0 Å². The Morgan fingerprint density at radius 2 is 2.13 bits per heavy atom. The molecule has 1 saturated heterocycles. The standard InChI is InChI=1S/C12H21NO2/c14-12(15)6-1-3-10-7-8-13(9-10)11-4-2-5-11/h10-11H,1-9H2,(H,14,15). The van der Waals surface area contributed by atoms with E-state index in [1.807, 2.05) is 0 Å². The molecule has 1 N–H and O–H groups in total. The van der Waals surface area contributed by atoms with Crippen molar-refractivity contribution in [2.24, 2.45) is 5.92 Å². The fourth-order valence-corrected chi connectivity index (χ4v) is 2.72. The molecule has 86 valence electrons. The van der Waals surface area contributed by atoms with Gasteiger partial charge < -0.3 is 10.0 Å². The van der Waals surface area contributed by atoms with E-state index >= 15 is 0 Å². The van der Waals surface area contributed by atoms with Gasteiger partial charge >= 0.3 is 5.97 Å². The minimum Gasteiger partial charge on any atom is -0.481 e. The van der Waals surface area contributed by atoms with Crippen LogP contribution in [0.15, 0.2) is 0 Å². The van der Waals surface area contributed by atoms with Crippen molar-refractivity contribution >= 4 is 5.97 Å². The van der Waals surface area contributed by atoms with Crippen molar-refractivity contribution < 1.29 is 9.90 Å². The Labute approximate surface area is 91.5 Å². The minimum atomic E-state index is -0.649. The zero-order valence-electron chi connectivity index (χ0n) is 9.32. The van der Waals surface area contributed by atoms with Crippen LogP contribution >= 0.6 is 0 Å². The molecule has 1 aliphatic heterocycles. The summed E-state index contributed by atoms with van der Waals surface area (Å²) in [5.41, 5.74) is 0. The Hall–Kier alpha value is -0.570. The summed E-state index contributed by atoms with van der Waals surface area (Å²) in [6, 6.07) is 0.870. The monoisotopic (exact) mass is 211 g/mol. The largest absolute Gasteiger partial charge is 0.481 e. The predicted molar refractivity (Wildman–Crippen MR) is 58.8 cm³/mol. The summed E-state index contributed by atoms with van der Waals surface area (Å²) in [7, 11) is 0. The van der Waals surface area contributed by atoms with Crippen LogP contribution in [-0.4, -0.2) is 35.1 Å². The molecule has 0 spiro atoms. The highest BCUT2D eigenvalue weighted by Crippen LogP contribution is 2.31. The summed E-state index contributed by atoms with van der Waals surface area (Å²) >= 11 is 0. The highest BCUT2D eigenvalue weighted by atomic mass is 16.4. The highest BCUT2D eigenvalue weighted by Gasteiger charge is 2.30. The van der Waals surface area contributed by atoms with Crippen LogP contribution in [-0.2, 0) is 4.79 Å². The number of hydrogen-bond acceptors (Lipinski definition) is 2. The molecule has 0 radical (unpaired) electrons. The van der Waals surface area contributed by atoms with E-state index in [1.54, 1.807) is 0 Å². The van der Waals surface area contributed by atoms with Gasteiger partial charge in [-0.25, -0.2) is 0 Å². The summed E-state index contributed by atoms with van der Waals surface area (Å²) < 4.78 is 0. The lowest BCUT2D eigenvalue weighted by atomic mass is 9.92. The molecule has 2 aliphatic rings. The number of carboxylic acids is 1. The molecule has 0 amide bonds. The van der Waals surface area contributed by atoms with Crippen molar-refractivity contribution in [2.45, 2.75) is 51.0 Å². The summed E-state index contributed by atoms with van der Waals surface area (Å²) in [5.74, 6) is 0.119. The van der Waals surface area contributed by atoms with E-state index in [1.165, 1.54) is 38.8 Å². The number of nitrogens with zero attached hydrogens (tertiary/aromatic N) is 1.